The molecule has 0 heterocycles. The van der Waals surface area contributed by atoms with E-state index in [9.17, 15) is 4.79 Å². The minimum atomic E-state index is -0.535. The van der Waals surface area contributed by atoms with E-state index in [1.807, 2.05) is 27.7 Å². The summed E-state index contributed by atoms with van der Waals surface area (Å²) < 4.78 is 38.4. The van der Waals surface area contributed by atoms with Gasteiger partial charge >= 0.3 is 0 Å². The largest absolute Gasteiger partial charge is 0.334 e. The molecule has 0 aliphatic heterocycles. The summed E-state index contributed by atoms with van der Waals surface area (Å²) in [5.41, 5.74) is -0.265. The van der Waals surface area contributed by atoms with E-state index < -0.39 is 36.1 Å². The van der Waals surface area contributed by atoms with Crippen molar-refractivity contribution in [3.05, 3.63) is 35.8 Å². The standard InChI is InChI=1S/C13H19NO/c1-10(2)14(11(3)4)13(15)12-8-6-5-7-9-12/h5-11H,1-4H3/i5D,6D,7D,8D,9D. The zero-order valence-electron chi connectivity index (χ0n) is 14.5. The highest BCUT2D eigenvalue weighted by atomic mass is 16.2. The van der Waals surface area contributed by atoms with Crippen LogP contribution < -0.4 is 0 Å². The SMILES string of the molecule is [2H]c1c([2H])c([2H])c(C(=O)N(C(C)C)C(C)C)c([2H])c1[2H]. The second-order valence-corrected chi connectivity index (χ2v) is 3.90. The Balaban J connectivity index is 3.51. The zero-order chi connectivity index (χ0) is 15.8. The predicted molar refractivity (Wildman–Crippen MR) is 62.9 cm³/mol. The van der Waals surface area contributed by atoms with Crippen LogP contribution >= 0.6 is 0 Å². The van der Waals surface area contributed by atoms with Gasteiger partial charge in [-0.1, -0.05) is 18.1 Å². The van der Waals surface area contributed by atoms with Crippen LogP contribution in [0.25, 0.3) is 0 Å². The van der Waals surface area contributed by atoms with Gasteiger partial charge in [0.1, 0.15) is 0 Å². The van der Waals surface area contributed by atoms with Crippen molar-refractivity contribution in [2.75, 3.05) is 0 Å². The molecule has 0 aliphatic carbocycles. The van der Waals surface area contributed by atoms with Gasteiger partial charge in [0.05, 0.1) is 6.85 Å². The fourth-order valence-corrected chi connectivity index (χ4v) is 1.55. The van der Waals surface area contributed by atoms with E-state index in [0.717, 1.165) is 0 Å². The molecule has 1 aromatic carbocycles. The Kier molecular flexibility index (Phi) is 2.09. The van der Waals surface area contributed by atoms with Gasteiger partial charge in [0.2, 0.25) is 0 Å². The number of carbonyl (C=O) groups excluding carboxylic acids is 1. The molecule has 0 radical (unpaired) electrons. The quantitative estimate of drug-likeness (QED) is 0.751. The van der Waals surface area contributed by atoms with Crippen LogP contribution in [0.15, 0.2) is 30.2 Å². The van der Waals surface area contributed by atoms with Gasteiger partial charge in [0.25, 0.3) is 5.91 Å². The summed E-state index contributed by atoms with van der Waals surface area (Å²) in [5, 5.41) is 0. The van der Waals surface area contributed by atoms with Gasteiger partial charge in [-0.25, -0.2) is 0 Å². The average molecular weight is 210 g/mol. The molecule has 0 bridgehead atoms. The monoisotopic (exact) mass is 210 g/mol. The fourth-order valence-electron chi connectivity index (χ4n) is 1.55. The maximum Gasteiger partial charge on any atom is 0.254 e. The molecule has 0 aromatic heterocycles. The van der Waals surface area contributed by atoms with Gasteiger partial charge in [-0.15, -0.1) is 0 Å². The molecule has 0 saturated heterocycles. The molecule has 0 fully saturated rings. The van der Waals surface area contributed by atoms with Crippen molar-refractivity contribution in [3.63, 3.8) is 0 Å². The molecule has 0 unspecified atom stereocenters. The Bertz CT molecular complexity index is 505. The second kappa shape index (κ2) is 4.96. The van der Waals surface area contributed by atoms with Crippen molar-refractivity contribution in [3.8, 4) is 0 Å². The van der Waals surface area contributed by atoms with Crippen LogP contribution in [0, 0.1) is 0 Å². The first-order valence-electron chi connectivity index (χ1n) is 7.50. The van der Waals surface area contributed by atoms with Crippen molar-refractivity contribution in [2.24, 2.45) is 0 Å². The highest BCUT2D eigenvalue weighted by Gasteiger charge is 2.20. The molecule has 1 rings (SSSR count). The highest BCUT2D eigenvalue weighted by molar-refractivity contribution is 5.94. The van der Waals surface area contributed by atoms with Crippen LogP contribution in [-0.4, -0.2) is 22.9 Å². The maximum absolute atomic E-state index is 12.5. The summed E-state index contributed by atoms with van der Waals surface area (Å²) in [6.45, 7) is 7.31. The first-order chi connectivity index (χ1) is 9.11. The van der Waals surface area contributed by atoms with Gasteiger partial charge < -0.3 is 4.90 Å². The Morgan fingerprint density at radius 3 is 2.00 bits per heavy atom. The summed E-state index contributed by atoms with van der Waals surface area (Å²) in [6, 6.07) is -2.61. The lowest BCUT2D eigenvalue weighted by atomic mass is 10.1. The maximum atomic E-state index is 12.5. The molecule has 0 N–H and O–H groups in total. The summed E-state index contributed by atoms with van der Waals surface area (Å²) >= 11 is 0. The van der Waals surface area contributed by atoms with E-state index in [1.165, 1.54) is 4.90 Å². The third-order valence-corrected chi connectivity index (χ3v) is 2.06. The molecular formula is C13H19NO. The second-order valence-electron chi connectivity index (χ2n) is 3.90. The molecule has 0 atom stereocenters. The molecule has 2 nitrogen and oxygen atoms in total. The number of nitrogens with zero attached hydrogens (tertiary/aromatic N) is 1. The molecular weight excluding hydrogens is 186 g/mol. The molecule has 15 heavy (non-hydrogen) atoms. The smallest absolute Gasteiger partial charge is 0.254 e. The van der Waals surface area contributed by atoms with E-state index in [4.69, 9.17) is 6.85 Å². The molecule has 1 aromatic rings. The van der Waals surface area contributed by atoms with Crippen molar-refractivity contribution >= 4 is 5.91 Å². The minimum absolute atomic E-state index is 0.125. The Hall–Kier alpha value is -1.31. The summed E-state index contributed by atoms with van der Waals surface area (Å²) in [5.74, 6) is -0.535. The lowest BCUT2D eigenvalue weighted by Crippen LogP contribution is -2.42. The van der Waals surface area contributed by atoms with Gasteiger partial charge in [0.15, 0.2) is 0 Å². The third-order valence-electron chi connectivity index (χ3n) is 2.06. The van der Waals surface area contributed by atoms with Gasteiger partial charge in [-0.2, -0.15) is 0 Å². The van der Waals surface area contributed by atoms with Crippen LogP contribution in [0.5, 0.6) is 0 Å². The molecule has 0 spiro atoms. The van der Waals surface area contributed by atoms with Gasteiger partial charge in [-0.3, -0.25) is 4.79 Å². The number of amides is 1. The summed E-state index contributed by atoms with van der Waals surface area (Å²) in [6.07, 6.45) is 0. The average Bonchev–Trinajstić information content (AvgIpc) is 2.33. The first-order valence-corrected chi connectivity index (χ1v) is 5.00. The Morgan fingerprint density at radius 1 is 1.13 bits per heavy atom. The number of hydrogen-bond acceptors (Lipinski definition) is 1. The zero-order valence-corrected chi connectivity index (χ0v) is 9.51. The van der Waals surface area contributed by atoms with E-state index in [-0.39, 0.29) is 17.6 Å². The van der Waals surface area contributed by atoms with Crippen molar-refractivity contribution < 1.29 is 11.6 Å². The number of benzene rings is 1. The third kappa shape index (κ3) is 2.82. The summed E-state index contributed by atoms with van der Waals surface area (Å²) in [4.78, 5) is 14.1. The van der Waals surface area contributed by atoms with Crippen LogP contribution in [0.1, 0.15) is 44.9 Å². The number of rotatable bonds is 3. The normalized spacial score (nSPS) is 15.5. The molecule has 0 aliphatic rings. The summed E-state index contributed by atoms with van der Waals surface area (Å²) in [7, 11) is 0. The Morgan fingerprint density at radius 2 is 1.60 bits per heavy atom. The number of carbonyl (C=O) groups is 1. The van der Waals surface area contributed by atoms with Crippen LogP contribution in [0.2, 0.25) is 0 Å². The Labute approximate surface area is 98.9 Å². The van der Waals surface area contributed by atoms with E-state index in [0.29, 0.717) is 0 Å². The van der Waals surface area contributed by atoms with E-state index >= 15 is 0 Å². The van der Waals surface area contributed by atoms with E-state index in [1.54, 1.807) is 0 Å². The first kappa shape index (κ1) is 6.31. The van der Waals surface area contributed by atoms with Crippen molar-refractivity contribution in [1.82, 2.24) is 4.90 Å². The van der Waals surface area contributed by atoms with Crippen LogP contribution in [0.4, 0.5) is 0 Å². The molecule has 0 saturated carbocycles. The van der Waals surface area contributed by atoms with Crippen LogP contribution in [0.3, 0.4) is 0 Å². The molecule has 1 amide bonds. The molecule has 2 heteroatoms. The highest BCUT2D eigenvalue weighted by Crippen LogP contribution is 2.11. The number of hydrogen-bond donors (Lipinski definition) is 0. The van der Waals surface area contributed by atoms with Crippen LogP contribution in [-0.2, 0) is 0 Å². The van der Waals surface area contributed by atoms with E-state index in [2.05, 4.69) is 0 Å². The van der Waals surface area contributed by atoms with Crippen molar-refractivity contribution in [1.29, 1.82) is 0 Å². The molecule has 82 valence electrons. The van der Waals surface area contributed by atoms with Crippen molar-refractivity contribution in [2.45, 2.75) is 39.8 Å². The lowest BCUT2D eigenvalue weighted by molar-refractivity contribution is 0.0644. The minimum Gasteiger partial charge on any atom is -0.334 e. The topological polar surface area (TPSA) is 20.3 Å². The van der Waals surface area contributed by atoms with Gasteiger partial charge in [0, 0.05) is 17.6 Å². The lowest BCUT2D eigenvalue weighted by Gasteiger charge is -2.30. The van der Waals surface area contributed by atoms with Gasteiger partial charge in [-0.05, 0) is 39.8 Å². The fraction of sp³-hybridized carbons (Fsp3) is 0.462. The predicted octanol–water partition coefficient (Wildman–Crippen LogP) is 2.95.